The van der Waals surface area contributed by atoms with Gasteiger partial charge in [0.15, 0.2) is 0 Å². The van der Waals surface area contributed by atoms with Gasteiger partial charge in [-0.25, -0.2) is 0 Å². The Bertz CT molecular complexity index is 583. The summed E-state index contributed by atoms with van der Waals surface area (Å²) in [5, 5.41) is 17.5. The molecule has 154 valence electrons. The molecule has 4 fully saturated rings. The molecule has 0 spiro atoms. The summed E-state index contributed by atoms with van der Waals surface area (Å²) >= 11 is 0. The van der Waals surface area contributed by atoms with Crippen molar-refractivity contribution in [3.05, 3.63) is 0 Å². The number of carbonyl (C=O) groups is 2. The van der Waals surface area contributed by atoms with Gasteiger partial charge in [-0.2, -0.15) is 0 Å². The van der Waals surface area contributed by atoms with E-state index in [0.717, 1.165) is 49.9 Å². The fourth-order valence-electron chi connectivity index (χ4n) is 7.90. The summed E-state index contributed by atoms with van der Waals surface area (Å²) < 4.78 is 0. The van der Waals surface area contributed by atoms with Crippen LogP contribution in [0.5, 0.6) is 0 Å². The zero-order chi connectivity index (χ0) is 20.0. The van der Waals surface area contributed by atoms with E-state index < -0.39 is 5.97 Å². The molecule has 4 nitrogen and oxygen atoms in total. The number of rotatable bonds is 1. The van der Waals surface area contributed by atoms with E-state index in [9.17, 15) is 9.90 Å². The van der Waals surface area contributed by atoms with Crippen LogP contribution in [0.2, 0.25) is 0 Å². The van der Waals surface area contributed by atoms with Crippen LogP contribution in [0.25, 0.3) is 0 Å². The Hall–Kier alpha value is -0.900. The summed E-state index contributed by atoms with van der Waals surface area (Å²) in [5.41, 5.74) is 0.738. The van der Waals surface area contributed by atoms with E-state index in [1.54, 1.807) is 0 Å². The maximum absolute atomic E-state index is 12.2. The second-order valence-electron chi connectivity index (χ2n) is 10.4. The Morgan fingerprint density at radius 1 is 0.852 bits per heavy atom. The van der Waals surface area contributed by atoms with E-state index in [1.165, 1.54) is 38.5 Å². The zero-order valence-corrected chi connectivity index (χ0v) is 17.5. The number of fused-ring (bicyclic) bond motifs is 5. The monoisotopic (exact) mass is 378 g/mol. The molecular formula is C23H38O4. The van der Waals surface area contributed by atoms with Gasteiger partial charge in [-0.1, -0.05) is 13.8 Å². The Balaban J connectivity index is 0.000000481. The SMILES string of the molecule is CC(=O)O.CC(=O)[C@H]1CC[C@H]2[C@@H]3CC[C@H]4C[C@@H](O)CC[C@]4(C)[C@H]3CC[C@]12C. The fourth-order valence-corrected chi connectivity index (χ4v) is 7.90. The van der Waals surface area contributed by atoms with E-state index in [4.69, 9.17) is 9.90 Å². The van der Waals surface area contributed by atoms with Crippen LogP contribution in [0.3, 0.4) is 0 Å². The third-order valence-corrected chi connectivity index (χ3v) is 9.13. The molecule has 4 aliphatic carbocycles. The first-order valence-corrected chi connectivity index (χ1v) is 11.0. The lowest BCUT2D eigenvalue weighted by Gasteiger charge is -2.60. The first-order valence-electron chi connectivity index (χ1n) is 11.0. The number of hydrogen-bond donors (Lipinski definition) is 2. The van der Waals surface area contributed by atoms with Gasteiger partial charge in [0, 0.05) is 12.8 Å². The molecule has 4 saturated carbocycles. The van der Waals surface area contributed by atoms with Crippen molar-refractivity contribution in [2.45, 2.75) is 91.6 Å². The molecule has 4 rings (SSSR count). The second-order valence-corrected chi connectivity index (χ2v) is 10.4. The number of carbonyl (C=O) groups excluding carboxylic acids is 1. The summed E-state index contributed by atoms with van der Waals surface area (Å²) in [7, 11) is 0. The minimum atomic E-state index is -0.833. The van der Waals surface area contributed by atoms with Crippen molar-refractivity contribution in [2.75, 3.05) is 0 Å². The molecule has 0 aromatic carbocycles. The number of Topliss-reactive ketones (excluding diaryl/α,β-unsaturated/α-hetero) is 1. The average Bonchev–Trinajstić information content (AvgIpc) is 2.92. The Morgan fingerprint density at radius 2 is 1.44 bits per heavy atom. The van der Waals surface area contributed by atoms with Crippen molar-refractivity contribution >= 4 is 11.8 Å². The van der Waals surface area contributed by atoms with E-state index in [-0.39, 0.29) is 11.5 Å². The molecule has 0 amide bonds. The summed E-state index contributed by atoms with van der Waals surface area (Å²) in [6, 6.07) is 0. The molecule has 0 aromatic rings. The predicted molar refractivity (Wildman–Crippen MR) is 105 cm³/mol. The highest BCUT2D eigenvalue weighted by atomic mass is 16.4. The van der Waals surface area contributed by atoms with Crippen LogP contribution in [-0.2, 0) is 9.59 Å². The van der Waals surface area contributed by atoms with Crippen LogP contribution in [0.15, 0.2) is 0 Å². The first-order chi connectivity index (χ1) is 12.6. The van der Waals surface area contributed by atoms with Gasteiger partial charge < -0.3 is 10.2 Å². The van der Waals surface area contributed by atoms with Gasteiger partial charge in [0.1, 0.15) is 5.78 Å². The van der Waals surface area contributed by atoms with Crippen LogP contribution in [0.4, 0.5) is 0 Å². The van der Waals surface area contributed by atoms with Crippen LogP contribution < -0.4 is 0 Å². The van der Waals surface area contributed by atoms with Gasteiger partial charge in [-0.3, -0.25) is 9.59 Å². The third kappa shape index (κ3) is 3.59. The molecule has 4 heteroatoms. The molecule has 0 saturated heterocycles. The molecule has 0 radical (unpaired) electrons. The van der Waals surface area contributed by atoms with Crippen molar-refractivity contribution in [3.8, 4) is 0 Å². The summed E-state index contributed by atoms with van der Waals surface area (Å²) in [4.78, 5) is 21.2. The van der Waals surface area contributed by atoms with Crippen LogP contribution in [0.1, 0.15) is 85.5 Å². The molecule has 0 heterocycles. The largest absolute Gasteiger partial charge is 0.481 e. The fraction of sp³-hybridized carbons (Fsp3) is 0.913. The molecular weight excluding hydrogens is 340 g/mol. The van der Waals surface area contributed by atoms with Crippen molar-refractivity contribution in [1.29, 1.82) is 0 Å². The molecule has 0 aromatic heterocycles. The lowest BCUT2D eigenvalue weighted by atomic mass is 9.44. The van der Waals surface area contributed by atoms with Gasteiger partial charge in [-0.15, -0.1) is 0 Å². The Labute approximate surface area is 164 Å². The quantitative estimate of drug-likeness (QED) is 0.694. The number of aliphatic hydroxyl groups is 1. The zero-order valence-electron chi connectivity index (χ0n) is 17.5. The maximum atomic E-state index is 12.2. The number of ketones is 1. The summed E-state index contributed by atoms with van der Waals surface area (Å²) in [6.07, 6.45) is 10.9. The third-order valence-electron chi connectivity index (χ3n) is 9.13. The van der Waals surface area contributed by atoms with Crippen molar-refractivity contribution in [3.63, 3.8) is 0 Å². The number of hydrogen-bond acceptors (Lipinski definition) is 3. The van der Waals surface area contributed by atoms with Crippen LogP contribution in [-0.4, -0.2) is 28.1 Å². The standard InChI is InChI=1S/C21H34O2.C2H4O2/c1-13(22)17-6-7-18-16-5-4-14-12-15(23)8-10-20(14,2)19(16)9-11-21(17,18)3;1-2(3)4/h14-19,23H,4-12H2,1-3H3;1H3,(H,3,4)/t14-,15-,16-,17+,18-,19-,20-,21+;/m0./s1. The highest BCUT2D eigenvalue weighted by molar-refractivity contribution is 5.79. The Morgan fingerprint density at radius 3 is 2.07 bits per heavy atom. The van der Waals surface area contributed by atoms with Crippen LogP contribution in [0, 0.1) is 40.4 Å². The molecule has 0 aliphatic heterocycles. The molecule has 0 bridgehead atoms. The van der Waals surface area contributed by atoms with Gasteiger partial charge in [-0.05, 0) is 99.2 Å². The van der Waals surface area contributed by atoms with Gasteiger partial charge in [0.2, 0.25) is 0 Å². The van der Waals surface area contributed by atoms with Crippen molar-refractivity contribution in [2.24, 2.45) is 40.4 Å². The van der Waals surface area contributed by atoms with Crippen LogP contribution >= 0.6 is 0 Å². The number of aliphatic carboxylic acids is 1. The minimum Gasteiger partial charge on any atom is -0.481 e. The minimum absolute atomic E-state index is 0.0490. The van der Waals surface area contributed by atoms with Gasteiger partial charge in [0.25, 0.3) is 5.97 Å². The lowest BCUT2D eigenvalue weighted by molar-refractivity contribution is -0.138. The van der Waals surface area contributed by atoms with E-state index in [1.807, 2.05) is 6.92 Å². The van der Waals surface area contributed by atoms with Crippen molar-refractivity contribution in [1.82, 2.24) is 0 Å². The summed E-state index contributed by atoms with van der Waals surface area (Å²) in [5.74, 6) is 3.13. The van der Waals surface area contributed by atoms with Gasteiger partial charge in [0.05, 0.1) is 6.10 Å². The molecule has 0 unspecified atom stereocenters. The average molecular weight is 379 g/mol. The Kier molecular flexibility index (Phi) is 5.78. The molecule has 4 aliphatic rings. The van der Waals surface area contributed by atoms with E-state index >= 15 is 0 Å². The van der Waals surface area contributed by atoms with E-state index in [2.05, 4.69) is 13.8 Å². The predicted octanol–water partition coefficient (Wildman–Crippen LogP) is 4.69. The lowest BCUT2D eigenvalue weighted by Crippen LogP contribution is -2.54. The highest BCUT2D eigenvalue weighted by Gasteiger charge is 2.60. The molecule has 27 heavy (non-hydrogen) atoms. The van der Waals surface area contributed by atoms with Crippen molar-refractivity contribution < 1.29 is 19.8 Å². The summed E-state index contributed by atoms with van der Waals surface area (Å²) in [6.45, 7) is 7.89. The normalized spacial score (nSPS) is 48.3. The number of carboxylic acids is 1. The topological polar surface area (TPSA) is 74.6 Å². The molecule has 2 N–H and O–H groups in total. The highest BCUT2D eigenvalue weighted by Crippen LogP contribution is 2.67. The second kappa shape index (κ2) is 7.50. The first kappa shape index (κ1) is 20.8. The van der Waals surface area contributed by atoms with E-state index in [0.29, 0.717) is 17.1 Å². The van der Waals surface area contributed by atoms with Gasteiger partial charge >= 0.3 is 0 Å². The molecule has 8 atom stereocenters. The number of aliphatic hydroxyl groups excluding tert-OH is 1. The number of carboxylic acid groups (broad SMARTS) is 1. The maximum Gasteiger partial charge on any atom is 0.300 e. The smallest absolute Gasteiger partial charge is 0.300 e.